The fraction of sp³-hybridized carbons (Fsp3) is 1.00. The van der Waals surface area contributed by atoms with Crippen LogP contribution in [0.2, 0.25) is 0 Å². The summed E-state index contributed by atoms with van der Waals surface area (Å²) in [5.74, 6) is 2.63. The summed E-state index contributed by atoms with van der Waals surface area (Å²) >= 11 is 0. The van der Waals surface area contributed by atoms with Crippen molar-refractivity contribution < 1.29 is 4.48 Å². The highest BCUT2D eigenvalue weighted by Gasteiger charge is 2.48. The number of hydrogen-bond donors (Lipinski definition) is 1. The van der Waals surface area contributed by atoms with Gasteiger partial charge in [0.1, 0.15) is 0 Å². The minimum Gasteiger partial charge on any atom is -0.323 e. The lowest BCUT2D eigenvalue weighted by Gasteiger charge is -2.56. The lowest BCUT2D eigenvalue weighted by molar-refractivity contribution is -0.968. The van der Waals surface area contributed by atoms with Gasteiger partial charge >= 0.3 is 0 Å². The van der Waals surface area contributed by atoms with E-state index in [2.05, 4.69) is 27.7 Å². The standard InChI is InChI=1S/C18H37N2/c1-5-6-7-16-10-17(19)13-20(12-16,11-14(2)3)18-8-15(4)9-18/h14-18H,5-13,19H2,1-4H3/q+1. The van der Waals surface area contributed by atoms with E-state index in [0.717, 1.165) is 23.8 Å². The minimum atomic E-state index is 0.445. The molecule has 118 valence electrons. The average molecular weight is 282 g/mol. The summed E-state index contributed by atoms with van der Waals surface area (Å²) in [6.45, 7) is 13.5. The third-order valence-electron chi connectivity index (χ3n) is 5.67. The molecule has 2 heteroatoms. The van der Waals surface area contributed by atoms with Gasteiger partial charge in [0.25, 0.3) is 0 Å². The van der Waals surface area contributed by atoms with Gasteiger partial charge in [-0.2, -0.15) is 0 Å². The van der Waals surface area contributed by atoms with Crippen LogP contribution in [0.4, 0.5) is 0 Å². The Morgan fingerprint density at radius 3 is 2.40 bits per heavy atom. The van der Waals surface area contributed by atoms with Gasteiger partial charge in [0.05, 0.1) is 31.7 Å². The van der Waals surface area contributed by atoms with Crippen molar-refractivity contribution >= 4 is 0 Å². The van der Waals surface area contributed by atoms with E-state index in [1.165, 1.54) is 62.6 Å². The maximum atomic E-state index is 6.48. The van der Waals surface area contributed by atoms with Gasteiger partial charge in [-0.15, -0.1) is 0 Å². The summed E-state index contributed by atoms with van der Waals surface area (Å²) in [6.07, 6.45) is 8.29. The molecule has 1 aliphatic carbocycles. The van der Waals surface area contributed by atoms with Crippen molar-refractivity contribution in [3.05, 3.63) is 0 Å². The Balaban J connectivity index is 2.07. The molecule has 2 aliphatic rings. The zero-order valence-corrected chi connectivity index (χ0v) is 14.3. The van der Waals surface area contributed by atoms with E-state index in [4.69, 9.17) is 5.73 Å². The summed E-state index contributed by atoms with van der Waals surface area (Å²) in [7, 11) is 0. The molecule has 2 nitrogen and oxygen atoms in total. The number of unbranched alkanes of at least 4 members (excludes halogenated alkanes) is 1. The predicted molar refractivity (Wildman–Crippen MR) is 87.5 cm³/mol. The molecule has 3 unspecified atom stereocenters. The number of quaternary nitrogens is 1. The van der Waals surface area contributed by atoms with Crippen LogP contribution in [0, 0.1) is 17.8 Å². The monoisotopic (exact) mass is 281 g/mol. The molecule has 0 aromatic heterocycles. The molecule has 0 spiro atoms. The maximum Gasteiger partial charge on any atom is 0.0942 e. The van der Waals surface area contributed by atoms with E-state index < -0.39 is 0 Å². The van der Waals surface area contributed by atoms with Gasteiger partial charge in [0.15, 0.2) is 0 Å². The predicted octanol–water partition coefficient (Wildman–Crippen LogP) is 3.80. The number of rotatable bonds is 6. The topological polar surface area (TPSA) is 26.0 Å². The molecule has 1 heterocycles. The van der Waals surface area contributed by atoms with Crippen LogP contribution in [0.3, 0.4) is 0 Å². The summed E-state index contributed by atoms with van der Waals surface area (Å²) in [5, 5.41) is 0. The molecule has 0 aromatic carbocycles. The lowest BCUT2D eigenvalue weighted by atomic mass is 9.76. The highest BCUT2D eigenvalue weighted by Crippen LogP contribution is 2.40. The van der Waals surface area contributed by atoms with Crippen LogP contribution in [0.5, 0.6) is 0 Å². The molecule has 1 aliphatic heterocycles. The van der Waals surface area contributed by atoms with E-state index >= 15 is 0 Å². The van der Waals surface area contributed by atoms with Crippen molar-refractivity contribution in [2.75, 3.05) is 19.6 Å². The fourth-order valence-corrected chi connectivity index (χ4v) is 4.97. The fourth-order valence-electron chi connectivity index (χ4n) is 4.97. The third kappa shape index (κ3) is 3.76. The molecule has 0 amide bonds. The van der Waals surface area contributed by atoms with Crippen molar-refractivity contribution in [3.63, 3.8) is 0 Å². The van der Waals surface area contributed by atoms with Crippen LogP contribution in [-0.2, 0) is 0 Å². The number of nitrogens with two attached hydrogens (primary N) is 1. The summed E-state index contributed by atoms with van der Waals surface area (Å²) in [6, 6.07) is 1.36. The zero-order valence-electron chi connectivity index (χ0n) is 14.3. The highest BCUT2D eigenvalue weighted by atomic mass is 15.4. The normalized spacial score (nSPS) is 41.7. The molecule has 0 aromatic rings. The van der Waals surface area contributed by atoms with Crippen molar-refractivity contribution in [1.29, 1.82) is 0 Å². The Hall–Kier alpha value is -0.0800. The third-order valence-corrected chi connectivity index (χ3v) is 5.67. The first-order valence-corrected chi connectivity index (χ1v) is 9.06. The summed E-state index contributed by atoms with van der Waals surface area (Å²) in [5.41, 5.74) is 6.48. The van der Waals surface area contributed by atoms with Crippen molar-refractivity contribution in [2.45, 2.75) is 78.3 Å². The second kappa shape index (κ2) is 6.79. The van der Waals surface area contributed by atoms with E-state index in [1.54, 1.807) is 0 Å². The van der Waals surface area contributed by atoms with Gasteiger partial charge in [-0.1, -0.05) is 40.5 Å². The van der Waals surface area contributed by atoms with Gasteiger partial charge in [-0.3, -0.25) is 0 Å². The van der Waals surface area contributed by atoms with Crippen LogP contribution in [0.15, 0.2) is 0 Å². The second-order valence-electron chi connectivity index (χ2n) is 8.39. The van der Waals surface area contributed by atoms with E-state index in [-0.39, 0.29) is 0 Å². The second-order valence-corrected chi connectivity index (χ2v) is 8.39. The molecular formula is C18H37N2+. The Kier molecular flexibility index (Phi) is 5.53. The summed E-state index contributed by atoms with van der Waals surface area (Å²) < 4.78 is 1.36. The smallest absolute Gasteiger partial charge is 0.0942 e. The van der Waals surface area contributed by atoms with Crippen molar-refractivity contribution in [2.24, 2.45) is 23.5 Å². The number of likely N-dealkylation sites (tertiary alicyclic amines) is 1. The number of piperidine rings is 1. The SMILES string of the molecule is CCCCC1CC(N)C[N+](CC(C)C)(C2CC(C)C2)C1. The van der Waals surface area contributed by atoms with Crippen LogP contribution < -0.4 is 5.73 Å². The Labute approximate surface area is 126 Å². The van der Waals surface area contributed by atoms with Gasteiger partial charge in [-0.25, -0.2) is 0 Å². The maximum absolute atomic E-state index is 6.48. The molecule has 1 saturated heterocycles. The Bertz CT molecular complexity index is 292. The van der Waals surface area contributed by atoms with Gasteiger partial charge < -0.3 is 10.2 Å². The quantitative estimate of drug-likeness (QED) is 0.736. The van der Waals surface area contributed by atoms with Gasteiger partial charge in [-0.05, 0) is 18.8 Å². The van der Waals surface area contributed by atoms with Crippen LogP contribution >= 0.6 is 0 Å². The molecule has 20 heavy (non-hydrogen) atoms. The molecule has 0 bridgehead atoms. The highest BCUT2D eigenvalue weighted by molar-refractivity contribution is 4.84. The van der Waals surface area contributed by atoms with E-state index in [1.807, 2.05) is 0 Å². The minimum absolute atomic E-state index is 0.445. The molecule has 2 fully saturated rings. The Morgan fingerprint density at radius 1 is 1.15 bits per heavy atom. The lowest BCUT2D eigenvalue weighted by Crippen LogP contribution is -2.68. The van der Waals surface area contributed by atoms with Gasteiger partial charge in [0, 0.05) is 24.7 Å². The Morgan fingerprint density at radius 2 is 1.85 bits per heavy atom. The molecule has 1 saturated carbocycles. The number of hydrogen-bond acceptors (Lipinski definition) is 1. The van der Waals surface area contributed by atoms with E-state index in [0.29, 0.717) is 6.04 Å². The van der Waals surface area contributed by atoms with Crippen molar-refractivity contribution in [1.82, 2.24) is 0 Å². The van der Waals surface area contributed by atoms with Crippen LogP contribution in [0.1, 0.15) is 66.2 Å². The number of nitrogens with zero attached hydrogens (tertiary/aromatic N) is 1. The molecular weight excluding hydrogens is 244 g/mol. The first kappa shape index (κ1) is 16.3. The molecule has 2 N–H and O–H groups in total. The van der Waals surface area contributed by atoms with E-state index in [9.17, 15) is 0 Å². The van der Waals surface area contributed by atoms with Gasteiger partial charge in [0.2, 0.25) is 0 Å². The molecule has 2 rings (SSSR count). The van der Waals surface area contributed by atoms with Crippen LogP contribution in [0.25, 0.3) is 0 Å². The van der Waals surface area contributed by atoms with Crippen LogP contribution in [-0.4, -0.2) is 36.2 Å². The largest absolute Gasteiger partial charge is 0.323 e. The first-order chi connectivity index (χ1) is 9.45. The molecule has 0 radical (unpaired) electrons. The first-order valence-electron chi connectivity index (χ1n) is 9.06. The zero-order chi connectivity index (χ0) is 14.8. The van der Waals surface area contributed by atoms with Crippen molar-refractivity contribution in [3.8, 4) is 0 Å². The summed E-state index contributed by atoms with van der Waals surface area (Å²) in [4.78, 5) is 0. The average Bonchev–Trinajstić information content (AvgIpc) is 2.30. The molecule has 3 atom stereocenters.